The summed E-state index contributed by atoms with van der Waals surface area (Å²) >= 11 is 0. The Morgan fingerprint density at radius 1 is 1.29 bits per heavy atom. The largest absolute Gasteiger partial charge is 0.331 e. The summed E-state index contributed by atoms with van der Waals surface area (Å²) in [5.41, 5.74) is 2.61. The lowest BCUT2D eigenvalue weighted by Gasteiger charge is -2.34. The number of benzene rings is 1. The third-order valence-electron chi connectivity index (χ3n) is 4.72. The highest BCUT2D eigenvalue weighted by molar-refractivity contribution is 5.78. The predicted octanol–water partition coefficient (Wildman–Crippen LogP) is 1.74. The second-order valence-corrected chi connectivity index (χ2v) is 6.32. The van der Waals surface area contributed by atoms with Crippen molar-refractivity contribution in [3.05, 3.63) is 47.8 Å². The van der Waals surface area contributed by atoms with E-state index < -0.39 is 0 Å². The Hall–Kier alpha value is -2.70. The Bertz CT molecular complexity index is 768. The summed E-state index contributed by atoms with van der Waals surface area (Å²) < 4.78 is 0. The van der Waals surface area contributed by atoms with Crippen LogP contribution in [0.1, 0.15) is 30.7 Å². The van der Waals surface area contributed by atoms with Gasteiger partial charge in [-0.15, -0.1) is 10.2 Å². The predicted molar refractivity (Wildman–Crippen MR) is 88.7 cm³/mol. The number of tetrazole rings is 1. The van der Waals surface area contributed by atoms with Gasteiger partial charge in [-0.3, -0.25) is 0 Å². The van der Waals surface area contributed by atoms with E-state index >= 15 is 0 Å². The molecule has 2 aromatic rings. The van der Waals surface area contributed by atoms with Gasteiger partial charge in [0.25, 0.3) is 0 Å². The van der Waals surface area contributed by atoms with Crippen molar-refractivity contribution in [1.29, 1.82) is 0 Å². The number of nitrogens with zero attached hydrogens (tertiary/aromatic N) is 5. The highest BCUT2D eigenvalue weighted by Crippen LogP contribution is 2.38. The molecule has 0 aliphatic carbocycles. The van der Waals surface area contributed by atoms with Crippen molar-refractivity contribution in [3.8, 4) is 0 Å². The van der Waals surface area contributed by atoms with E-state index in [1.54, 1.807) is 7.05 Å². The minimum Gasteiger partial charge on any atom is -0.331 e. The molecule has 0 unspecified atom stereocenters. The molecule has 124 valence electrons. The number of aromatic nitrogens is 4. The minimum atomic E-state index is -0.0432. The van der Waals surface area contributed by atoms with Gasteiger partial charge in [-0.2, -0.15) is 4.80 Å². The van der Waals surface area contributed by atoms with Crippen molar-refractivity contribution < 1.29 is 4.79 Å². The summed E-state index contributed by atoms with van der Waals surface area (Å²) in [4.78, 5) is 15.9. The van der Waals surface area contributed by atoms with Crippen LogP contribution in [0.4, 0.5) is 4.79 Å². The molecular formula is C17H20N6O. The third-order valence-corrected chi connectivity index (χ3v) is 4.72. The lowest BCUT2D eigenvalue weighted by atomic mass is 9.95. The van der Waals surface area contributed by atoms with Crippen LogP contribution in [0.3, 0.4) is 0 Å². The quantitative estimate of drug-likeness (QED) is 0.933. The van der Waals surface area contributed by atoms with Gasteiger partial charge in [-0.05, 0) is 35.6 Å². The number of hydrogen-bond acceptors (Lipinski definition) is 4. The molecular weight excluding hydrogens is 304 g/mol. The molecule has 1 aromatic carbocycles. The Labute approximate surface area is 140 Å². The summed E-state index contributed by atoms with van der Waals surface area (Å²) in [5, 5.41) is 14.7. The highest BCUT2D eigenvalue weighted by atomic mass is 16.2. The first kappa shape index (κ1) is 14.9. The van der Waals surface area contributed by atoms with Crippen molar-refractivity contribution >= 4 is 11.6 Å². The summed E-state index contributed by atoms with van der Waals surface area (Å²) in [6, 6.07) is 10.8. The monoisotopic (exact) mass is 324 g/mol. The van der Waals surface area contributed by atoms with Crippen LogP contribution >= 0.6 is 0 Å². The van der Waals surface area contributed by atoms with Crippen molar-refractivity contribution in [2.24, 2.45) is 7.05 Å². The average molecular weight is 324 g/mol. The van der Waals surface area contributed by atoms with E-state index in [-0.39, 0.29) is 18.1 Å². The zero-order valence-electron chi connectivity index (χ0n) is 13.6. The highest BCUT2D eigenvalue weighted by Gasteiger charge is 2.39. The van der Waals surface area contributed by atoms with Crippen LogP contribution in [-0.2, 0) is 13.6 Å². The van der Waals surface area contributed by atoms with Gasteiger partial charge in [0, 0.05) is 6.04 Å². The molecule has 7 nitrogen and oxygen atoms in total. The zero-order chi connectivity index (χ0) is 16.5. The van der Waals surface area contributed by atoms with Crippen LogP contribution in [0.5, 0.6) is 0 Å². The van der Waals surface area contributed by atoms with Gasteiger partial charge in [0.2, 0.25) is 0 Å². The lowest BCUT2D eigenvalue weighted by molar-refractivity contribution is 0.179. The number of hydrogen-bond donors (Lipinski definition) is 1. The molecule has 1 fully saturated rings. The first-order valence-electron chi connectivity index (χ1n) is 8.26. The number of nitrogens with one attached hydrogen (secondary N) is 1. The molecule has 2 amide bonds. The second-order valence-electron chi connectivity index (χ2n) is 6.32. The molecule has 2 aliphatic rings. The molecule has 0 radical (unpaired) electrons. The van der Waals surface area contributed by atoms with Gasteiger partial charge >= 0.3 is 6.03 Å². The number of urea groups is 1. The first-order valence-corrected chi connectivity index (χ1v) is 8.26. The van der Waals surface area contributed by atoms with Crippen LogP contribution < -0.4 is 5.32 Å². The zero-order valence-corrected chi connectivity index (χ0v) is 13.6. The van der Waals surface area contributed by atoms with E-state index in [9.17, 15) is 4.79 Å². The smallest absolute Gasteiger partial charge is 0.318 e. The maximum absolute atomic E-state index is 12.6. The maximum atomic E-state index is 12.6. The molecule has 3 heterocycles. The van der Waals surface area contributed by atoms with E-state index in [0.29, 0.717) is 12.4 Å². The van der Waals surface area contributed by atoms with Gasteiger partial charge in [0.15, 0.2) is 5.82 Å². The molecule has 0 saturated carbocycles. The average Bonchev–Trinajstić information content (AvgIpc) is 3.14. The molecule has 1 saturated heterocycles. The van der Waals surface area contributed by atoms with E-state index in [1.807, 2.05) is 11.0 Å². The molecule has 24 heavy (non-hydrogen) atoms. The maximum Gasteiger partial charge on any atom is 0.318 e. The molecule has 2 bridgehead atoms. The van der Waals surface area contributed by atoms with Gasteiger partial charge in [0.05, 0.1) is 19.6 Å². The van der Waals surface area contributed by atoms with Gasteiger partial charge < -0.3 is 10.2 Å². The Morgan fingerprint density at radius 2 is 2.12 bits per heavy atom. The van der Waals surface area contributed by atoms with Crippen LogP contribution in [0.15, 0.2) is 36.4 Å². The molecule has 7 heteroatoms. The number of amides is 2. The fourth-order valence-electron chi connectivity index (χ4n) is 3.65. The van der Waals surface area contributed by atoms with Crippen LogP contribution in [-0.4, -0.2) is 43.2 Å². The van der Waals surface area contributed by atoms with Gasteiger partial charge in [-0.25, -0.2) is 4.79 Å². The van der Waals surface area contributed by atoms with E-state index in [0.717, 1.165) is 19.3 Å². The normalized spacial score (nSPS) is 22.4. The Morgan fingerprint density at radius 3 is 2.83 bits per heavy atom. The molecule has 1 N–H and O–H groups in total. The topological polar surface area (TPSA) is 75.9 Å². The van der Waals surface area contributed by atoms with Crippen molar-refractivity contribution in [2.45, 2.75) is 37.9 Å². The van der Waals surface area contributed by atoms with Crippen molar-refractivity contribution in [1.82, 2.24) is 30.4 Å². The molecule has 2 atom stereocenters. The number of fused-ring (bicyclic) bond motifs is 2. The summed E-state index contributed by atoms with van der Waals surface area (Å²) in [7, 11) is 1.71. The molecule has 2 aliphatic heterocycles. The number of aryl methyl sites for hydroxylation is 1. The van der Waals surface area contributed by atoms with Crippen molar-refractivity contribution in [2.75, 3.05) is 0 Å². The van der Waals surface area contributed by atoms with Crippen LogP contribution in [0, 0.1) is 0 Å². The second kappa shape index (κ2) is 6.07. The first-order chi connectivity index (χ1) is 11.7. The molecule has 1 aromatic heterocycles. The fraction of sp³-hybridized carbons (Fsp3) is 0.412. The standard InChI is InChI=1S/C17H20N6O/c1-22-20-16(19-21-22)11-18-17(24)23-14-7-8-15(23)10-13(9-14)12-5-3-2-4-6-12/h2-6,9,14-15H,7-8,10-11H2,1H3,(H,18,24)/t14-,15-/m1/s1. The van der Waals surface area contributed by atoms with E-state index in [2.05, 4.69) is 51.1 Å². The van der Waals surface area contributed by atoms with Gasteiger partial charge in [0.1, 0.15) is 0 Å². The summed E-state index contributed by atoms with van der Waals surface area (Å²) in [6.07, 6.45) is 5.24. The van der Waals surface area contributed by atoms with Gasteiger partial charge in [-0.1, -0.05) is 36.4 Å². The Balaban J connectivity index is 1.45. The summed E-state index contributed by atoms with van der Waals surface area (Å²) in [6.45, 7) is 0.303. The lowest BCUT2D eigenvalue weighted by Crippen LogP contribution is -2.48. The number of carbonyl (C=O) groups is 1. The molecule has 4 rings (SSSR count). The Kier molecular flexibility index (Phi) is 3.76. The summed E-state index contributed by atoms with van der Waals surface area (Å²) in [5.74, 6) is 0.524. The van der Waals surface area contributed by atoms with Crippen LogP contribution in [0.2, 0.25) is 0 Å². The molecule has 0 spiro atoms. The van der Waals surface area contributed by atoms with Crippen molar-refractivity contribution in [3.63, 3.8) is 0 Å². The number of carbonyl (C=O) groups excluding carboxylic acids is 1. The van der Waals surface area contributed by atoms with E-state index in [1.165, 1.54) is 15.9 Å². The third kappa shape index (κ3) is 2.77. The van der Waals surface area contributed by atoms with Crippen LogP contribution in [0.25, 0.3) is 5.57 Å². The minimum absolute atomic E-state index is 0.0432. The number of rotatable bonds is 3. The van der Waals surface area contributed by atoms with E-state index in [4.69, 9.17) is 0 Å². The SMILES string of the molecule is Cn1nnc(CNC(=O)N2[C@@H]3CC[C@@H]2C=C(c2ccccc2)C3)n1. The fourth-order valence-corrected chi connectivity index (χ4v) is 3.65.